The number of H-pyrrole nitrogens is 1. The SMILES string of the molecule is CCc1nc(SCC(=O)Nc2ccc(S(N)(=O)=O)cc2)[nH]c1C. The number of anilines is 1. The fourth-order valence-corrected chi connectivity index (χ4v) is 3.19. The average molecular weight is 354 g/mol. The Balaban J connectivity index is 1.91. The Morgan fingerprint density at radius 3 is 2.52 bits per heavy atom. The number of primary sulfonamides is 1. The van der Waals surface area contributed by atoms with E-state index in [0.29, 0.717) is 10.8 Å². The predicted molar refractivity (Wildman–Crippen MR) is 89.9 cm³/mol. The quantitative estimate of drug-likeness (QED) is 0.682. The van der Waals surface area contributed by atoms with E-state index in [2.05, 4.69) is 15.3 Å². The molecule has 23 heavy (non-hydrogen) atoms. The van der Waals surface area contributed by atoms with Crippen LogP contribution >= 0.6 is 11.8 Å². The van der Waals surface area contributed by atoms with Crippen LogP contribution in [0.4, 0.5) is 5.69 Å². The molecule has 1 aromatic carbocycles. The van der Waals surface area contributed by atoms with Crippen LogP contribution < -0.4 is 10.5 Å². The summed E-state index contributed by atoms with van der Waals surface area (Å²) in [6, 6.07) is 5.69. The summed E-state index contributed by atoms with van der Waals surface area (Å²) in [5.74, 6) is -0.00185. The molecule has 1 heterocycles. The largest absolute Gasteiger partial charge is 0.337 e. The maximum Gasteiger partial charge on any atom is 0.238 e. The van der Waals surface area contributed by atoms with Gasteiger partial charge in [-0.15, -0.1) is 0 Å². The molecule has 124 valence electrons. The number of imidazole rings is 1. The Bertz CT molecular complexity index is 798. The van der Waals surface area contributed by atoms with E-state index in [9.17, 15) is 13.2 Å². The molecule has 1 amide bonds. The van der Waals surface area contributed by atoms with E-state index in [1.54, 1.807) is 0 Å². The first-order valence-electron chi connectivity index (χ1n) is 6.90. The van der Waals surface area contributed by atoms with Crippen LogP contribution in [-0.4, -0.2) is 30.0 Å². The first-order valence-corrected chi connectivity index (χ1v) is 9.43. The molecule has 0 saturated carbocycles. The molecule has 0 aliphatic carbocycles. The number of hydrogen-bond acceptors (Lipinski definition) is 5. The van der Waals surface area contributed by atoms with E-state index >= 15 is 0 Å². The Hall–Kier alpha value is -1.84. The van der Waals surface area contributed by atoms with Crippen LogP contribution in [0.15, 0.2) is 34.3 Å². The van der Waals surface area contributed by atoms with Crippen molar-refractivity contribution in [3.05, 3.63) is 35.7 Å². The van der Waals surface area contributed by atoms with Gasteiger partial charge in [0.2, 0.25) is 15.9 Å². The number of nitrogens with two attached hydrogens (primary N) is 1. The van der Waals surface area contributed by atoms with Crippen molar-refractivity contribution in [2.24, 2.45) is 5.14 Å². The first kappa shape index (κ1) is 17.5. The topological polar surface area (TPSA) is 118 Å². The van der Waals surface area contributed by atoms with Crippen molar-refractivity contribution in [1.82, 2.24) is 9.97 Å². The molecule has 0 atom stereocenters. The summed E-state index contributed by atoms with van der Waals surface area (Å²) >= 11 is 1.31. The third-order valence-corrected chi connectivity index (χ3v) is 4.91. The lowest BCUT2D eigenvalue weighted by Crippen LogP contribution is -2.15. The lowest BCUT2D eigenvalue weighted by Gasteiger charge is -2.05. The second-order valence-electron chi connectivity index (χ2n) is 4.87. The number of aryl methyl sites for hydroxylation is 2. The molecule has 4 N–H and O–H groups in total. The zero-order valence-electron chi connectivity index (χ0n) is 12.8. The van der Waals surface area contributed by atoms with Gasteiger partial charge < -0.3 is 10.3 Å². The minimum absolute atomic E-state index is 0.00281. The van der Waals surface area contributed by atoms with E-state index in [-0.39, 0.29) is 16.6 Å². The number of aromatic nitrogens is 2. The van der Waals surface area contributed by atoms with Crippen molar-refractivity contribution >= 4 is 33.4 Å². The minimum atomic E-state index is -3.73. The number of hydrogen-bond donors (Lipinski definition) is 3. The Labute approximate surface area is 139 Å². The summed E-state index contributed by atoms with van der Waals surface area (Å²) in [6.45, 7) is 3.97. The monoisotopic (exact) mass is 354 g/mol. The standard InChI is InChI=1S/C14H18N4O3S2/c1-3-12-9(2)16-14(18-12)22-8-13(19)17-10-4-6-11(7-5-10)23(15,20)21/h4-7H,3,8H2,1-2H3,(H,16,18)(H,17,19)(H2,15,20,21). The van der Waals surface area contributed by atoms with Crippen molar-refractivity contribution in [2.75, 3.05) is 11.1 Å². The molecule has 2 rings (SSSR count). The lowest BCUT2D eigenvalue weighted by atomic mass is 10.3. The van der Waals surface area contributed by atoms with Gasteiger partial charge in [0.1, 0.15) is 0 Å². The third-order valence-electron chi connectivity index (χ3n) is 3.11. The van der Waals surface area contributed by atoms with Gasteiger partial charge in [0.15, 0.2) is 5.16 Å². The van der Waals surface area contributed by atoms with Crippen LogP contribution in [0.1, 0.15) is 18.3 Å². The molecule has 1 aromatic heterocycles. The van der Waals surface area contributed by atoms with Crippen molar-refractivity contribution < 1.29 is 13.2 Å². The molecule has 0 spiro atoms. The molecule has 9 heteroatoms. The van der Waals surface area contributed by atoms with Crippen molar-refractivity contribution in [2.45, 2.75) is 30.3 Å². The number of sulfonamides is 1. The lowest BCUT2D eigenvalue weighted by molar-refractivity contribution is -0.113. The van der Waals surface area contributed by atoms with Crippen molar-refractivity contribution in [3.63, 3.8) is 0 Å². The van der Waals surface area contributed by atoms with Crippen molar-refractivity contribution in [1.29, 1.82) is 0 Å². The van der Waals surface area contributed by atoms with Crippen LogP contribution in [-0.2, 0) is 21.2 Å². The second-order valence-corrected chi connectivity index (χ2v) is 7.40. The van der Waals surface area contributed by atoms with Gasteiger partial charge in [-0.25, -0.2) is 18.5 Å². The van der Waals surface area contributed by atoms with Gasteiger partial charge in [0.25, 0.3) is 0 Å². The van der Waals surface area contributed by atoms with Gasteiger partial charge in [-0.2, -0.15) is 0 Å². The summed E-state index contributed by atoms with van der Waals surface area (Å²) in [5.41, 5.74) is 2.51. The number of thioether (sulfide) groups is 1. The number of amides is 1. The van der Waals surface area contributed by atoms with Gasteiger partial charge in [0.05, 0.1) is 16.3 Å². The molecule has 0 saturated heterocycles. The maximum absolute atomic E-state index is 11.9. The van der Waals surface area contributed by atoms with E-state index in [0.717, 1.165) is 17.8 Å². The molecule has 7 nitrogen and oxygen atoms in total. The summed E-state index contributed by atoms with van der Waals surface area (Å²) in [6.07, 6.45) is 0.839. The highest BCUT2D eigenvalue weighted by molar-refractivity contribution is 7.99. The van der Waals surface area contributed by atoms with E-state index in [4.69, 9.17) is 5.14 Å². The number of nitrogens with one attached hydrogen (secondary N) is 2. The summed E-state index contributed by atoms with van der Waals surface area (Å²) in [4.78, 5) is 19.4. The number of rotatable bonds is 6. The Morgan fingerprint density at radius 1 is 1.35 bits per heavy atom. The fraction of sp³-hybridized carbons (Fsp3) is 0.286. The number of carbonyl (C=O) groups excluding carboxylic acids is 1. The first-order chi connectivity index (χ1) is 10.8. The molecule has 0 radical (unpaired) electrons. The van der Waals surface area contributed by atoms with E-state index < -0.39 is 10.0 Å². The van der Waals surface area contributed by atoms with Crippen LogP contribution in [0, 0.1) is 6.92 Å². The predicted octanol–water partition coefficient (Wildman–Crippen LogP) is 1.66. The minimum Gasteiger partial charge on any atom is -0.337 e. The highest BCUT2D eigenvalue weighted by Crippen LogP contribution is 2.18. The van der Waals surface area contributed by atoms with Crippen LogP contribution in [0.5, 0.6) is 0 Å². The molecule has 0 unspecified atom stereocenters. The summed E-state index contributed by atoms with van der Waals surface area (Å²) in [7, 11) is -3.73. The highest BCUT2D eigenvalue weighted by Gasteiger charge is 2.10. The van der Waals surface area contributed by atoms with Crippen molar-refractivity contribution in [3.8, 4) is 0 Å². The number of carbonyl (C=O) groups is 1. The fourth-order valence-electron chi connectivity index (χ4n) is 1.94. The molecular weight excluding hydrogens is 336 g/mol. The molecule has 2 aromatic rings. The molecule has 0 bridgehead atoms. The van der Waals surface area contributed by atoms with Gasteiger partial charge in [-0.1, -0.05) is 18.7 Å². The third kappa shape index (κ3) is 4.81. The molecule has 0 aliphatic heterocycles. The average Bonchev–Trinajstić information content (AvgIpc) is 2.85. The zero-order chi connectivity index (χ0) is 17.0. The normalized spacial score (nSPS) is 11.4. The van der Waals surface area contributed by atoms with Gasteiger partial charge in [-0.3, -0.25) is 4.79 Å². The highest BCUT2D eigenvalue weighted by atomic mass is 32.2. The smallest absolute Gasteiger partial charge is 0.238 e. The van der Waals surface area contributed by atoms with Crippen LogP contribution in [0.25, 0.3) is 0 Å². The number of aromatic amines is 1. The number of benzene rings is 1. The second kappa shape index (κ2) is 7.16. The maximum atomic E-state index is 11.9. The molecular formula is C14H18N4O3S2. The van der Waals surface area contributed by atoms with Gasteiger partial charge >= 0.3 is 0 Å². The van der Waals surface area contributed by atoms with Crippen LogP contribution in [0.2, 0.25) is 0 Å². The molecule has 0 aliphatic rings. The Morgan fingerprint density at radius 2 is 2.00 bits per heavy atom. The summed E-state index contributed by atoms with van der Waals surface area (Å²) < 4.78 is 22.3. The van der Waals surface area contributed by atoms with Gasteiger partial charge in [-0.05, 0) is 37.6 Å². The van der Waals surface area contributed by atoms with Gasteiger partial charge in [0, 0.05) is 11.4 Å². The Kier molecular flexibility index (Phi) is 5.45. The van der Waals surface area contributed by atoms with Crippen LogP contribution in [0.3, 0.4) is 0 Å². The zero-order valence-corrected chi connectivity index (χ0v) is 14.4. The summed E-state index contributed by atoms with van der Waals surface area (Å²) in [5, 5.41) is 8.41. The van der Waals surface area contributed by atoms with E-state index in [1.165, 1.54) is 36.0 Å². The van der Waals surface area contributed by atoms with E-state index in [1.807, 2.05) is 13.8 Å². The molecule has 0 fully saturated rings. The number of nitrogens with zero attached hydrogens (tertiary/aromatic N) is 1.